The Morgan fingerprint density at radius 2 is 1.69 bits per heavy atom. The molecule has 1 aliphatic carbocycles. The summed E-state index contributed by atoms with van der Waals surface area (Å²) in [5.41, 5.74) is 4.33. The van der Waals surface area contributed by atoms with Crippen LogP contribution in [0, 0.1) is 0 Å². The lowest BCUT2D eigenvalue weighted by molar-refractivity contribution is -0.136. The van der Waals surface area contributed by atoms with Gasteiger partial charge < -0.3 is 19.1 Å². The maximum Gasteiger partial charge on any atom is 0.410 e. The van der Waals surface area contributed by atoms with E-state index in [1.54, 1.807) is 11.1 Å². The molecule has 3 aliphatic rings. The number of aromatic nitrogens is 1. The van der Waals surface area contributed by atoms with Gasteiger partial charge in [-0.2, -0.15) is 0 Å². The van der Waals surface area contributed by atoms with Crippen LogP contribution in [0.25, 0.3) is 11.1 Å². The fraction of sp³-hybridized carbons (Fsp3) is 0.360. The van der Waals surface area contributed by atoms with Crippen molar-refractivity contribution in [2.24, 2.45) is 0 Å². The molecule has 7 heteroatoms. The number of fused-ring (bicyclic) bond motifs is 5. The number of hydrogen-bond acceptors (Lipinski definition) is 6. The quantitative estimate of drug-likeness (QED) is 0.680. The summed E-state index contributed by atoms with van der Waals surface area (Å²) >= 11 is 0. The molecule has 2 unspecified atom stereocenters. The van der Waals surface area contributed by atoms with E-state index in [0.717, 1.165) is 0 Å². The lowest BCUT2D eigenvalue weighted by Crippen LogP contribution is -2.62. The van der Waals surface area contributed by atoms with Gasteiger partial charge in [0.15, 0.2) is 0 Å². The molecule has 3 aromatic rings. The van der Waals surface area contributed by atoms with Crippen molar-refractivity contribution in [3.63, 3.8) is 0 Å². The van der Waals surface area contributed by atoms with E-state index < -0.39 is 5.60 Å². The minimum absolute atomic E-state index is 0.0150. The molecule has 1 aromatic heterocycles. The Balaban J connectivity index is 1.21. The monoisotopic (exact) mass is 432 g/mol. The molecule has 1 amide bonds. The van der Waals surface area contributed by atoms with Crippen molar-refractivity contribution in [2.45, 2.75) is 36.4 Å². The number of amides is 1. The Morgan fingerprint density at radius 3 is 2.28 bits per heavy atom. The molecule has 164 valence electrons. The maximum atomic E-state index is 13.2. The topological polar surface area (TPSA) is 85.0 Å². The molecule has 2 saturated heterocycles. The van der Waals surface area contributed by atoms with Crippen molar-refractivity contribution in [3.8, 4) is 11.1 Å². The molecule has 0 spiro atoms. The Kier molecular flexibility index (Phi) is 4.55. The largest absolute Gasteiger partial charge is 0.448 e. The number of hydrogen-bond donors (Lipinski definition) is 1. The summed E-state index contributed by atoms with van der Waals surface area (Å²) < 4.78 is 16.5. The number of carbonyl (C=O) groups excluding carboxylic acids is 1. The highest BCUT2D eigenvalue weighted by atomic mass is 16.6. The fourth-order valence-corrected chi connectivity index (χ4v) is 5.61. The number of benzene rings is 2. The van der Waals surface area contributed by atoms with E-state index in [-0.39, 0.29) is 30.7 Å². The number of nitrogens with zero attached hydrogens (tertiary/aromatic N) is 2. The number of carbonyl (C=O) groups is 1. The van der Waals surface area contributed by atoms with Gasteiger partial charge >= 0.3 is 6.09 Å². The highest BCUT2D eigenvalue weighted by Gasteiger charge is 2.50. The second kappa shape index (κ2) is 7.46. The highest BCUT2D eigenvalue weighted by molar-refractivity contribution is 5.79. The average molecular weight is 432 g/mol. The van der Waals surface area contributed by atoms with Crippen LogP contribution in [-0.2, 0) is 15.1 Å². The predicted octanol–water partition coefficient (Wildman–Crippen LogP) is 3.67. The number of morpholine rings is 1. The van der Waals surface area contributed by atoms with Gasteiger partial charge in [0.2, 0.25) is 0 Å². The third kappa shape index (κ3) is 3.04. The van der Waals surface area contributed by atoms with Gasteiger partial charge in [-0.1, -0.05) is 53.7 Å². The minimum Gasteiger partial charge on any atom is -0.448 e. The van der Waals surface area contributed by atoms with E-state index in [1.165, 1.54) is 28.5 Å². The minimum atomic E-state index is -1.08. The Hall–Kier alpha value is -3.16. The van der Waals surface area contributed by atoms with Crippen molar-refractivity contribution >= 4 is 6.09 Å². The van der Waals surface area contributed by atoms with Crippen LogP contribution < -0.4 is 0 Å². The maximum absolute atomic E-state index is 13.2. The van der Waals surface area contributed by atoms with E-state index >= 15 is 0 Å². The summed E-state index contributed by atoms with van der Waals surface area (Å²) in [6.07, 6.45) is 3.38. The van der Waals surface area contributed by atoms with Gasteiger partial charge in [0.1, 0.15) is 12.9 Å². The third-order valence-electron chi connectivity index (χ3n) is 7.07. The fourth-order valence-electron chi connectivity index (χ4n) is 5.61. The van der Waals surface area contributed by atoms with Crippen molar-refractivity contribution in [2.75, 3.05) is 19.8 Å². The van der Waals surface area contributed by atoms with Gasteiger partial charge in [-0.15, -0.1) is 0 Å². The molecule has 1 N–H and O–H groups in total. The summed E-state index contributed by atoms with van der Waals surface area (Å²) in [5, 5.41) is 15.0. The Bertz CT molecular complexity index is 1090. The van der Waals surface area contributed by atoms with E-state index in [1.807, 2.05) is 24.3 Å². The highest BCUT2D eigenvalue weighted by Crippen LogP contribution is 2.45. The molecule has 32 heavy (non-hydrogen) atoms. The van der Waals surface area contributed by atoms with Crippen LogP contribution in [0.1, 0.15) is 35.4 Å². The van der Waals surface area contributed by atoms with Crippen molar-refractivity contribution in [3.05, 3.63) is 77.7 Å². The zero-order valence-corrected chi connectivity index (χ0v) is 17.5. The first kappa shape index (κ1) is 19.5. The molecule has 7 nitrogen and oxygen atoms in total. The van der Waals surface area contributed by atoms with Crippen LogP contribution in [0.5, 0.6) is 0 Å². The van der Waals surface area contributed by atoms with Crippen LogP contribution in [0.2, 0.25) is 0 Å². The molecule has 2 aromatic carbocycles. The van der Waals surface area contributed by atoms with Crippen LogP contribution in [0.15, 0.2) is 65.5 Å². The van der Waals surface area contributed by atoms with Crippen LogP contribution in [-0.4, -0.2) is 53.2 Å². The van der Waals surface area contributed by atoms with Crippen molar-refractivity contribution < 1.29 is 23.9 Å². The molecule has 0 radical (unpaired) electrons. The first-order chi connectivity index (χ1) is 15.6. The third-order valence-corrected chi connectivity index (χ3v) is 7.07. The first-order valence-corrected chi connectivity index (χ1v) is 11.0. The van der Waals surface area contributed by atoms with Crippen molar-refractivity contribution in [1.82, 2.24) is 10.1 Å². The summed E-state index contributed by atoms with van der Waals surface area (Å²) in [6, 6.07) is 16.0. The second-order valence-electron chi connectivity index (χ2n) is 8.91. The van der Waals surface area contributed by atoms with E-state index in [0.29, 0.717) is 31.6 Å². The number of rotatable bonds is 3. The molecular formula is C25H24N2O5. The normalized spacial score (nSPS) is 26.5. The lowest BCUT2D eigenvalue weighted by Gasteiger charge is -2.50. The van der Waals surface area contributed by atoms with Gasteiger partial charge in [-0.3, -0.25) is 4.90 Å². The van der Waals surface area contributed by atoms with E-state index in [9.17, 15) is 9.90 Å². The lowest BCUT2D eigenvalue weighted by atomic mass is 9.78. The molecule has 2 atom stereocenters. The van der Waals surface area contributed by atoms with Gasteiger partial charge in [-0.25, -0.2) is 4.79 Å². The number of aliphatic hydroxyl groups is 1. The van der Waals surface area contributed by atoms with Gasteiger partial charge in [0, 0.05) is 24.3 Å². The molecule has 2 bridgehead atoms. The predicted molar refractivity (Wildman–Crippen MR) is 115 cm³/mol. The zero-order valence-electron chi connectivity index (χ0n) is 17.5. The van der Waals surface area contributed by atoms with Gasteiger partial charge in [-0.05, 0) is 22.3 Å². The summed E-state index contributed by atoms with van der Waals surface area (Å²) in [7, 11) is 0. The number of piperidine rings is 1. The smallest absolute Gasteiger partial charge is 0.410 e. The zero-order chi connectivity index (χ0) is 21.7. The average Bonchev–Trinajstić information content (AvgIpc) is 3.45. The SMILES string of the molecule is O=C(OCC1c2ccccc2-c2ccccc21)N1C2COCC1CC(O)(c1cnoc1)C2. The van der Waals surface area contributed by atoms with Crippen molar-refractivity contribution in [1.29, 1.82) is 0 Å². The first-order valence-electron chi connectivity index (χ1n) is 11.0. The van der Waals surface area contributed by atoms with Gasteiger partial charge in [0.25, 0.3) is 0 Å². The van der Waals surface area contributed by atoms with Crippen LogP contribution >= 0.6 is 0 Å². The van der Waals surface area contributed by atoms with Crippen LogP contribution in [0.4, 0.5) is 4.79 Å². The Morgan fingerprint density at radius 1 is 1.06 bits per heavy atom. The van der Waals surface area contributed by atoms with Crippen LogP contribution in [0.3, 0.4) is 0 Å². The second-order valence-corrected chi connectivity index (χ2v) is 8.91. The van der Waals surface area contributed by atoms with E-state index in [2.05, 4.69) is 29.4 Å². The standard InChI is InChI=1S/C25H24N2O5/c28-24(27-17-9-25(29,16-11-26-32-12-16)10-18(27)14-30-13-17)31-15-23-21-7-3-1-5-19(21)20-6-2-4-8-22(20)23/h1-8,11-12,17-18,23,29H,9-10,13-15H2. The molecule has 2 aliphatic heterocycles. The molecule has 6 rings (SSSR count). The van der Waals surface area contributed by atoms with E-state index in [4.69, 9.17) is 14.0 Å². The molecule has 3 heterocycles. The molecule has 0 saturated carbocycles. The summed E-state index contributed by atoms with van der Waals surface area (Å²) in [4.78, 5) is 15.0. The summed E-state index contributed by atoms with van der Waals surface area (Å²) in [6.45, 7) is 1.02. The molecular weight excluding hydrogens is 408 g/mol. The number of ether oxygens (including phenoxy) is 2. The molecule has 2 fully saturated rings. The Labute approximate surface area is 185 Å². The summed E-state index contributed by atoms with van der Waals surface area (Å²) in [5.74, 6) is 0.0150. The van der Waals surface area contributed by atoms with Gasteiger partial charge in [0.05, 0.1) is 37.1 Å².